The first-order valence-electron chi connectivity index (χ1n) is 6.14. The van der Waals surface area contributed by atoms with Crippen molar-refractivity contribution in [3.63, 3.8) is 0 Å². The molecule has 0 atom stereocenters. The molecular weight excluding hydrogens is 234 g/mol. The van der Waals surface area contributed by atoms with Gasteiger partial charge in [0.1, 0.15) is 11.5 Å². The maximum atomic E-state index is 5.80. The molecule has 0 bridgehead atoms. The molecule has 1 aromatic rings. The SMILES string of the molecule is C=C1/C=c2/cncc/c2=C/CC2=C(C=C=CC=C2)O1. The predicted molar refractivity (Wildman–Crippen MR) is 76.1 cm³/mol. The molecule has 2 nitrogen and oxygen atoms in total. The Morgan fingerprint density at radius 1 is 1.32 bits per heavy atom. The third kappa shape index (κ3) is 2.49. The van der Waals surface area contributed by atoms with E-state index in [9.17, 15) is 0 Å². The van der Waals surface area contributed by atoms with Gasteiger partial charge in [-0.3, -0.25) is 4.98 Å². The van der Waals surface area contributed by atoms with Crippen molar-refractivity contribution in [3.05, 3.63) is 82.6 Å². The van der Waals surface area contributed by atoms with E-state index >= 15 is 0 Å². The van der Waals surface area contributed by atoms with Crippen LogP contribution in [-0.2, 0) is 4.74 Å². The molecule has 2 aliphatic rings. The third-order valence-corrected chi connectivity index (χ3v) is 3.01. The molecule has 2 heteroatoms. The van der Waals surface area contributed by atoms with Gasteiger partial charge in [0.15, 0.2) is 0 Å². The topological polar surface area (TPSA) is 22.1 Å². The minimum atomic E-state index is 0.602. The van der Waals surface area contributed by atoms with Crippen LogP contribution in [0, 0.1) is 0 Å². The first kappa shape index (κ1) is 11.5. The number of aromatic nitrogens is 1. The zero-order valence-electron chi connectivity index (χ0n) is 10.5. The first-order chi connectivity index (χ1) is 9.33. The van der Waals surface area contributed by atoms with Gasteiger partial charge < -0.3 is 4.74 Å². The van der Waals surface area contributed by atoms with Gasteiger partial charge in [-0.05, 0) is 35.4 Å². The number of allylic oxidation sites excluding steroid dienone is 5. The van der Waals surface area contributed by atoms with Crippen LogP contribution in [0.2, 0.25) is 0 Å². The summed E-state index contributed by atoms with van der Waals surface area (Å²) in [5, 5.41) is 2.16. The van der Waals surface area contributed by atoms with Gasteiger partial charge >= 0.3 is 0 Å². The molecule has 0 saturated heterocycles. The molecule has 2 heterocycles. The molecule has 0 aromatic carbocycles. The van der Waals surface area contributed by atoms with E-state index in [0.717, 1.165) is 28.2 Å². The lowest BCUT2D eigenvalue weighted by Crippen LogP contribution is -2.24. The molecule has 0 radical (unpaired) electrons. The highest BCUT2D eigenvalue weighted by Gasteiger charge is 2.06. The van der Waals surface area contributed by atoms with Gasteiger partial charge in [-0.2, -0.15) is 0 Å². The van der Waals surface area contributed by atoms with Crippen molar-refractivity contribution >= 4 is 12.2 Å². The van der Waals surface area contributed by atoms with Crippen molar-refractivity contribution < 1.29 is 4.74 Å². The van der Waals surface area contributed by atoms with Gasteiger partial charge in [0.25, 0.3) is 0 Å². The fourth-order valence-corrected chi connectivity index (χ4v) is 2.07. The summed E-state index contributed by atoms with van der Waals surface area (Å²) in [7, 11) is 0. The summed E-state index contributed by atoms with van der Waals surface area (Å²) in [6.07, 6.45) is 16.2. The smallest absolute Gasteiger partial charge is 0.138 e. The van der Waals surface area contributed by atoms with E-state index in [4.69, 9.17) is 4.74 Å². The number of hydrogen-bond acceptors (Lipinski definition) is 2. The highest BCUT2D eigenvalue weighted by atomic mass is 16.5. The van der Waals surface area contributed by atoms with Gasteiger partial charge in [-0.25, -0.2) is 0 Å². The van der Waals surface area contributed by atoms with Crippen LogP contribution in [0.1, 0.15) is 6.42 Å². The Balaban J connectivity index is 2.18. The van der Waals surface area contributed by atoms with Gasteiger partial charge in [-0.1, -0.05) is 24.8 Å². The monoisotopic (exact) mass is 247 g/mol. The van der Waals surface area contributed by atoms with Crippen molar-refractivity contribution in [3.8, 4) is 0 Å². The number of rotatable bonds is 0. The van der Waals surface area contributed by atoms with Crippen LogP contribution < -0.4 is 10.4 Å². The van der Waals surface area contributed by atoms with Crippen LogP contribution in [-0.4, -0.2) is 4.98 Å². The van der Waals surface area contributed by atoms with Crippen LogP contribution in [0.15, 0.2) is 72.2 Å². The lowest BCUT2D eigenvalue weighted by molar-refractivity contribution is 0.341. The summed E-state index contributed by atoms with van der Waals surface area (Å²) in [6, 6.07) is 2.00. The summed E-state index contributed by atoms with van der Waals surface area (Å²) in [5.74, 6) is 1.40. The van der Waals surface area contributed by atoms with E-state index in [-0.39, 0.29) is 0 Å². The largest absolute Gasteiger partial charge is 0.457 e. The fraction of sp³-hybridized carbons (Fsp3) is 0.0588. The third-order valence-electron chi connectivity index (χ3n) is 3.01. The van der Waals surface area contributed by atoms with Crippen LogP contribution in [0.25, 0.3) is 12.2 Å². The predicted octanol–water partition coefficient (Wildman–Crippen LogP) is 2.11. The summed E-state index contributed by atoms with van der Waals surface area (Å²) < 4.78 is 5.80. The van der Waals surface area contributed by atoms with E-state index in [0.29, 0.717) is 5.76 Å². The Bertz CT molecular complexity index is 772. The summed E-state index contributed by atoms with van der Waals surface area (Å²) in [4.78, 5) is 4.14. The molecule has 0 unspecified atom stereocenters. The molecule has 19 heavy (non-hydrogen) atoms. The average Bonchev–Trinajstić information content (AvgIpc) is 2.59. The minimum absolute atomic E-state index is 0.602. The van der Waals surface area contributed by atoms with Crippen molar-refractivity contribution in [1.29, 1.82) is 0 Å². The zero-order valence-corrected chi connectivity index (χ0v) is 10.5. The number of pyridine rings is 1. The molecular formula is C17H13NO. The highest BCUT2D eigenvalue weighted by Crippen LogP contribution is 2.19. The van der Waals surface area contributed by atoms with E-state index in [1.54, 1.807) is 6.20 Å². The second-order valence-corrected chi connectivity index (χ2v) is 4.35. The van der Waals surface area contributed by atoms with E-state index in [2.05, 4.69) is 23.4 Å². The van der Waals surface area contributed by atoms with Gasteiger partial charge in [0.2, 0.25) is 0 Å². The molecule has 0 spiro atoms. The lowest BCUT2D eigenvalue weighted by Gasteiger charge is -2.08. The second-order valence-electron chi connectivity index (χ2n) is 4.35. The number of ether oxygens (including phenoxy) is 1. The lowest BCUT2D eigenvalue weighted by atomic mass is 10.1. The van der Waals surface area contributed by atoms with Crippen LogP contribution in [0.4, 0.5) is 0 Å². The molecule has 0 fully saturated rings. The molecule has 92 valence electrons. The molecule has 0 amide bonds. The van der Waals surface area contributed by atoms with Gasteiger partial charge in [0.05, 0.1) is 0 Å². The Hall–Kier alpha value is -2.57. The number of nitrogens with zero attached hydrogens (tertiary/aromatic N) is 1. The molecule has 1 aliphatic carbocycles. The maximum absolute atomic E-state index is 5.80. The maximum Gasteiger partial charge on any atom is 0.138 e. The molecule has 1 aliphatic heterocycles. The van der Waals surface area contributed by atoms with Crippen molar-refractivity contribution in [2.24, 2.45) is 0 Å². The standard InChI is InChI=1S/C17H13NO/c1-13-11-16-12-18-10-9-14(16)7-8-15-5-3-2-4-6-17(15)19-13/h2-3,5-7,9-12H,1,8H2/b14-7-,16-11-. The van der Waals surface area contributed by atoms with Crippen LogP contribution in [0.5, 0.6) is 0 Å². The Morgan fingerprint density at radius 3 is 3.21 bits per heavy atom. The average molecular weight is 247 g/mol. The van der Waals surface area contributed by atoms with Crippen LogP contribution >= 0.6 is 0 Å². The Kier molecular flexibility index (Phi) is 3.01. The zero-order chi connectivity index (χ0) is 13.1. The highest BCUT2D eigenvalue weighted by molar-refractivity contribution is 5.48. The minimum Gasteiger partial charge on any atom is -0.457 e. The fourth-order valence-electron chi connectivity index (χ4n) is 2.07. The molecule has 0 N–H and O–H groups in total. The normalized spacial score (nSPS) is 20.5. The Morgan fingerprint density at radius 2 is 2.26 bits per heavy atom. The summed E-state index contributed by atoms with van der Waals surface area (Å²) in [5.41, 5.74) is 4.17. The van der Waals surface area contributed by atoms with E-state index < -0.39 is 0 Å². The second kappa shape index (κ2) is 4.97. The van der Waals surface area contributed by atoms with Crippen LogP contribution in [0.3, 0.4) is 0 Å². The summed E-state index contributed by atoms with van der Waals surface area (Å²) in [6.45, 7) is 3.94. The summed E-state index contributed by atoms with van der Waals surface area (Å²) >= 11 is 0. The molecule has 0 saturated carbocycles. The van der Waals surface area contributed by atoms with E-state index in [1.165, 1.54) is 0 Å². The molecule has 3 rings (SSSR count). The first-order valence-corrected chi connectivity index (χ1v) is 6.14. The van der Waals surface area contributed by atoms with Crippen molar-refractivity contribution in [2.75, 3.05) is 0 Å². The molecule has 1 aromatic heterocycles. The van der Waals surface area contributed by atoms with E-state index in [1.807, 2.05) is 42.6 Å². The Labute approximate surface area is 111 Å². The van der Waals surface area contributed by atoms with Crippen molar-refractivity contribution in [2.45, 2.75) is 6.42 Å². The van der Waals surface area contributed by atoms with Gasteiger partial charge in [0, 0.05) is 23.7 Å². The number of hydrogen-bond donors (Lipinski definition) is 0. The van der Waals surface area contributed by atoms with Crippen molar-refractivity contribution in [1.82, 2.24) is 4.98 Å². The quantitative estimate of drug-likeness (QED) is 0.655. The van der Waals surface area contributed by atoms with Gasteiger partial charge in [-0.15, -0.1) is 5.73 Å². The number of fused-ring (bicyclic) bond motifs is 1.